The first kappa shape index (κ1) is 17.4. The van der Waals surface area contributed by atoms with Crippen molar-refractivity contribution in [2.45, 2.75) is 38.3 Å². The quantitative estimate of drug-likeness (QED) is 0.799. The lowest BCUT2D eigenvalue weighted by molar-refractivity contribution is 0.110. The van der Waals surface area contributed by atoms with E-state index < -0.39 is 0 Å². The van der Waals surface area contributed by atoms with Gasteiger partial charge in [0.05, 0.1) is 21.3 Å². The average Bonchev–Trinajstić information content (AvgIpc) is 3.16. The van der Waals surface area contributed by atoms with Gasteiger partial charge >= 0.3 is 0 Å². The zero-order chi connectivity index (χ0) is 16.9. The summed E-state index contributed by atoms with van der Waals surface area (Å²) in [4.78, 5) is 5.23. The first-order valence-corrected chi connectivity index (χ1v) is 9.00. The van der Waals surface area contributed by atoms with Crippen LogP contribution in [0.5, 0.6) is 17.2 Å². The van der Waals surface area contributed by atoms with Gasteiger partial charge in [0.1, 0.15) is 5.75 Å². The molecule has 1 aromatic carbocycles. The molecular formula is C19H30N2O3. The van der Waals surface area contributed by atoms with Crippen LogP contribution >= 0.6 is 0 Å². The Morgan fingerprint density at radius 3 is 2.21 bits per heavy atom. The van der Waals surface area contributed by atoms with Crippen molar-refractivity contribution in [3.05, 3.63) is 17.7 Å². The van der Waals surface area contributed by atoms with E-state index in [0.717, 1.165) is 36.7 Å². The summed E-state index contributed by atoms with van der Waals surface area (Å²) in [7, 11) is 5.05. The molecule has 3 rings (SSSR count). The van der Waals surface area contributed by atoms with Crippen LogP contribution in [0.15, 0.2) is 12.1 Å². The number of benzene rings is 1. The van der Waals surface area contributed by atoms with Crippen LogP contribution in [0.4, 0.5) is 0 Å². The third kappa shape index (κ3) is 3.78. The molecule has 0 amide bonds. The molecule has 134 valence electrons. The van der Waals surface area contributed by atoms with Gasteiger partial charge < -0.3 is 14.2 Å². The number of hydrogen-bond donors (Lipinski definition) is 0. The van der Waals surface area contributed by atoms with Crippen LogP contribution in [0.3, 0.4) is 0 Å². The van der Waals surface area contributed by atoms with E-state index in [1.165, 1.54) is 38.8 Å². The van der Waals surface area contributed by atoms with E-state index in [2.05, 4.69) is 15.9 Å². The van der Waals surface area contributed by atoms with Crippen molar-refractivity contribution in [3.63, 3.8) is 0 Å². The normalized spacial score (nSPS) is 22.5. The third-order valence-electron chi connectivity index (χ3n) is 5.32. The van der Waals surface area contributed by atoms with Crippen LogP contribution in [0.1, 0.15) is 31.2 Å². The minimum atomic E-state index is 0.715. The first-order chi connectivity index (χ1) is 11.7. The first-order valence-electron chi connectivity index (χ1n) is 9.00. The molecule has 1 atom stereocenters. The summed E-state index contributed by atoms with van der Waals surface area (Å²) in [5, 5.41) is 0. The number of methoxy groups -OCH3 is 3. The van der Waals surface area contributed by atoms with E-state index in [4.69, 9.17) is 14.2 Å². The van der Waals surface area contributed by atoms with Gasteiger partial charge in [-0.2, -0.15) is 0 Å². The molecule has 0 bridgehead atoms. The summed E-state index contributed by atoms with van der Waals surface area (Å²) in [6, 6.07) is 4.69. The van der Waals surface area contributed by atoms with E-state index in [-0.39, 0.29) is 0 Å². The predicted molar refractivity (Wildman–Crippen MR) is 95.2 cm³/mol. The number of hydrogen-bond acceptors (Lipinski definition) is 5. The summed E-state index contributed by atoms with van der Waals surface area (Å²) in [6.45, 7) is 5.75. The van der Waals surface area contributed by atoms with Crippen molar-refractivity contribution in [3.8, 4) is 17.2 Å². The smallest absolute Gasteiger partial charge is 0.164 e. The number of likely N-dealkylation sites (tertiary alicyclic amines) is 2. The molecule has 0 aliphatic carbocycles. The van der Waals surface area contributed by atoms with Gasteiger partial charge in [-0.05, 0) is 51.4 Å². The summed E-state index contributed by atoms with van der Waals surface area (Å²) in [5.41, 5.74) is 1.16. The Balaban J connectivity index is 1.72. The van der Waals surface area contributed by atoms with Crippen molar-refractivity contribution in [2.24, 2.45) is 0 Å². The molecule has 24 heavy (non-hydrogen) atoms. The Kier molecular flexibility index (Phi) is 5.85. The Hall–Kier alpha value is -1.46. The molecule has 5 nitrogen and oxygen atoms in total. The highest BCUT2D eigenvalue weighted by Gasteiger charge is 2.27. The monoisotopic (exact) mass is 334 g/mol. The molecule has 0 aromatic heterocycles. The molecule has 2 saturated heterocycles. The minimum absolute atomic E-state index is 0.715. The van der Waals surface area contributed by atoms with Gasteiger partial charge in [-0.1, -0.05) is 0 Å². The SMILES string of the molecule is COc1cc(OC)c(OC)cc1CN1CCCC(N2CCCC2)C1. The van der Waals surface area contributed by atoms with Crippen LogP contribution in [0.25, 0.3) is 0 Å². The molecule has 2 aliphatic rings. The lowest BCUT2D eigenvalue weighted by Crippen LogP contribution is -2.46. The molecule has 0 N–H and O–H groups in total. The van der Waals surface area contributed by atoms with Crippen molar-refractivity contribution >= 4 is 0 Å². The van der Waals surface area contributed by atoms with E-state index in [1.54, 1.807) is 21.3 Å². The Labute approximate surface area is 145 Å². The Bertz CT molecular complexity index is 544. The lowest BCUT2D eigenvalue weighted by Gasteiger charge is -2.37. The number of nitrogens with zero attached hydrogens (tertiary/aromatic N) is 2. The number of rotatable bonds is 6. The lowest BCUT2D eigenvalue weighted by atomic mass is 10.0. The molecular weight excluding hydrogens is 304 g/mol. The van der Waals surface area contributed by atoms with Crippen molar-refractivity contribution in [2.75, 3.05) is 47.5 Å². The zero-order valence-electron chi connectivity index (χ0n) is 15.2. The van der Waals surface area contributed by atoms with Gasteiger partial charge in [-0.3, -0.25) is 9.80 Å². The molecule has 2 heterocycles. The van der Waals surface area contributed by atoms with Crippen LogP contribution in [0, 0.1) is 0 Å². The van der Waals surface area contributed by atoms with E-state index >= 15 is 0 Å². The summed E-state index contributed by atoms with van der Waals surface area (Å²) < 4.78 is 16.4. The maximum Gasteiger partial charge on any atom is 0.164 e. The highest BCUT2D eigenvalue weighted by atomic mass is 16.5. The maximum absolute atomic E-state index is 5.58. The van der Waals surface area contributed by atoms with Gasteiger partial charge in [-0.15, -0.1) is 0 Å². The maximum atomic E-state index is 5.58. The fraction of sp³-hybridized carbons (Fsp3) is 0.684. The van der Waals surface area contributed by atoms with E-state index in [0.29, 0.717) is 11.8 Å². The topological polar surface area (TPSA) is 34.2 Å². The minimum Gasteiger partial charge on any atom is -0.496 e. The molecule has 2 fully saturated rings. The molecule has 5 heteroatoms. The largest absolute Gasteiger partial charge is 0.496 e. The van der Waals surface area contributed by atoms with Gasteiger partial charge in [0.25, 0.3) is 0 Å². The fourth-order valence-electron chi connectivity index (χ4n) is 4.04. The third-order valence-corrected chi connectivity index (χ3v) is 5.32. The summed E-state index contributed by atoms with van der Waals surface area (Å²) in [5.74, 6) is 2.35. The molecule has 1 unspecified atom stereocenters. The Morgan fingerprint density at radius 1 is 0.875 bits per heavy atom. The van der Waals surface area contributed by atoms with Gasteiger partial charge in [0.15, 0.2) is 11.5 Å². The second-order valence-electron chi connectivity index (χ2n) is 6.79. The van der Waals surface area contributed by atoms with Crippen molar-refractivity contribution < 1.29 is 14.2 Å². The van der Waals surface area contributed by atoms with Crippen LogP contribution < -0.4 is 14.2 Å². The Morgan fingerprint density at radius 2 is 1.54 bits per heavy atom. The average molecular weight is 334 g/mol. The van der Waals surface area contributed by atoms with Gasteiger partial charge in [0, 0.05) is 30.8 Å². The van der Waals surface area contributed by atoms with E-state index in [1.807, 2.05) is 6.07 Å². The van der Waals surface area contributed by atoms with Crippen LogP contribution in [-0.2, 0) is 6.54 Å². The molecule has 0 radical (unpaired) electrons. The van der Waals surface area contributed by atoms with Crippen LogP contribution in [-0.4, -0.2) is 63.4 Å². The standard InChI is InChI=1S/C19H30N2O3/c1-22-17-12-19(24-3)18(23-2)11-15(17)13-20-8-6-7-16(14-20)21-9-4-5-10-21/h11-12,16H,4-10,13-14H2,1-3H3. The molecule has 0 spiro atoms. The second kappa shape index (κ2) is 8.08. The highest BCUT2D eigenvalue weighted by Crippen LogP contribution is 2.35. The summed E-state index contributed by atoms with van der Waals surface area (Å²) in [6.07, 6.45) is 5.33. The van der Waals surface area contributed by atoms with Crippen molar-refractivity contribution in [1.29, 1.82) is 0 Å². The van der Waals surface area contributed by atoms with Crippen LogP contribution in [0.2, 0.25) is 0 Å². The zero-order valence-corrected chi connectivity index (χ0v) is 15.2. The highest BCUT2D eigenvalue weighted by molar-refractivity contribution is 5.50. The number of ether oxygens (including phenoxy) is 3. The van der Waals surface area contributed by atoms with E-state index in [9.17, 15) is 0 Å². The number of piperidine rings is 1. The molecule has 2 aliphatic heterocycles. The van der Waals surface area contributed by atoms with Gasteiger partial charge in [-0.25, -0.2) is 0 Å². The second-order valence-corrected chi connectivity index (χ2v) is 6.79. The van der Waals surface area contributed by atoms with Gasteiger partial charge in [0.2, 0.25) is 0 Å². The van der Waals surface area contributed by atoms with Crippen molar-refractivity contribution in [1.82, 2.24) is 9.80 Å². The summed E-state index contributed by atoms with van der Waals surface area (Å²) >= 11 is 0. The predicted octanol–water partition coefficient (Wildman–Crippen LogP) is 2.77. The fourth-order valence-corrected chi connectivity index (χ4v) is 4.04. The molecule has 1 aromatic rings. The molecule has 0 saturated carbocycles.